The topological polar surface area (TPSA) is 92.5 Å². The summed E-state index contributed by atoms with van der Waals surface area (Å²) in [5.74, 6) is -0.678. The predicted molar refractivity (Wildman–Crippen MR) is 70.5 cm³/mol. The molecule has 1 amide bonds. The zero-order valence-corrected chi connectivity index (χ0v) is 11.5. The fourth-order valence-corrected chi connectivity index (χ4v) is 2.13. The standard InChI is InChI=1S/C13H17FN2O4/c1-13(2,3)11(16(19)20)10(15-12(17)18)8-6-4-5-7-9(8)14/h4-7,10-11,15H,1-3H3,(H,17,18)/t10?,11-/m1/s1. The van der Waals surface area contributed by atoms with E-state index in [1.165, 1.54) is 18.2 Å². The number of halogens is 1. The van der Waals surface area contributed by atoms with Crippen molar-refractivity contribution >= 4 is 6.09 Å². The van der Waals surface area contributed by atoms with Gasteiger partial charge in [0.1, 0.15) is 11.9 Å². The maximum atomic E-state index is 13.8. The summed E-state index contributed by atoms with van der Waals surface area (Å²) >= 11 is 0. The number of nitro groups is 1. The molecule has 0 heterocycles. The first-order valence-electron chi connectivity index (χ1n) is 6.02. The Bertz CT molecular complexity index is 513. The van der Waals surface area contributed by atoms with Crippen molar-refractivity contribution in [3.8, 4) is 0 Å². The van der Waals surface area contributed by atoms with Crippen molar-refractivity contribution < 1.29 is 19.2 Å². The normalized spacial score (nSPS) is 14.4. The second kappa shape index (κ2) is 5.85. The molecule has 0 saturated carbocycles. The zero-order valence-electron chi connectivity index (χ0n) is 11.5. The molecule has 2 N–H and O–H groups in total. The Morgan fingerprint density at radius 1 is 1.40 bits per heavy atom. The summed E-state index contributed by atoms with van der Waals surface area (Å²) in [5, 5.41) is 22.2. The molecular formula is C13H17FN2O4. The summed E-state index contributed by atoms with van der Waals surface area (Å²) in [5.41, 5.74) is -0.884. The van der Waals surface area contributed by atoms with Crippen LogP contribution in [-0.2, 0) is 0 Å². The quantitative estimate of drug-likeness (QED) is 0.656. The molecule has 0 bridgehead atoms. The Balaban J connectivity index is 3.34. The molecule has 7 heteroatoms. The molecule has 6 nitrogen and oxygen atoms in total. The van der Waals surface area contributed by atoms with Crippen LogP contribution in [0.15, 0.2) is 24.3 Å². The first kappa shape index (κ1) is 15.9. The van der Waals surface area contributed by atoms with Crippen LogP contribution in [0.3, 0.4) is 0 Å². The third-order valence-electron chi connectivity index (χ3n) is 2.95. The minimum absolute atomic E-state index is 0.0356. The fraction of sp³-hybridized carbons (Fsp3) is 0.462. The fourth-order valence-electron chi connectivity index (χ4n) is 2.13. The number of benzene rings is 1. The van der Waals surface area contributed by atoms with Crippen LogP contribution >= 0.6 is 0 Å². The van der Waals surface area contributed by atoms with Crippen LogP contribution in [0.4, 0.5) is 9.18 Å². The van der Waals surface area contributed by atoms with E-state index in [1.807, 2.05) is 0 Å². The van der Waals surface area contributed by atoms with Gasteiger partial charge in [0, 0.05) is 15.9 Å². The van der Waals surface area contributed by atoms with Crippen LogP contribution in [-0.4, -0.2) is 22.2 Å². The van der Waals surface area contributed by atoms with Crippen molar-refractivity contribution in [2.24, 2.45) is 5.41 Å². The van der Waals surface area contributed by atoms with Gasteiger partial charge < -0.3 is 10.4 Å². The lowest BCUT2D eigenvalue weighted by Crippen LogP contribution is -2.47. The second-order valence-corrected chi connectivity index (χ2v) is 5.54. The molecule has 110 valence electrons. The number of carbonyl (C=O) groups is 1. The molecule has 0 fully saturated rings. The highest BCUT2D eigenvalue weighted by atomic mass is 19.1. The van der Waals surface area contributed by atoms with Gasteiger partial charge in [-0.05, 0) is 6.07 Å². The number of carboxylic acid groups (broad SMARTS) is 1. The molecule has 1 rings (SSSR count). The first-order valence-corrected chi connectivity index (χ1v) is 6.02. The minimum Gasteiger partial charge on any atom is -0.465 e. The SMILES string of the molecule is CC(C)(C)[C@@H](C(NC(=O)O)c1ccccc1F)[N+](=O)[O-]. The maximum Gasteiger partial charge on any atom is 0.405 e. The molecule has 0 aliphatic carbocycles. The summed E-state index contributed by atoms with van der Waals surface area (Å²) in [6.45, 7) is 4.83. The van der Waals surface area contributed by atoms with E-state index in [0.29, 0.717) is 0 Å². The predicted octanol–water partition coefficient (Wildman–Crippen LogP) is 2.83. The lowest BCUT2D eigenvalue weighted by Gasteiger charge is -2.30. The molecule has 1 aromatic rings. The third-order valence-corrected chi connectivity index (χ3v) is 2.95. The molecule has 0 radical (unpaired) electrons. The van der Waals surface area contributed by atoms with Gasteiger partial charge >= 0.3 is 6.09 Å². The Kier molecular flexibility index (Phi) is 4.65. The molecule has 0 aliphatic heterocycles. The van der Waals surface area contributed by atoms with Gasteiger partial charge in [0.05, 0.1) is 0 Å². The highest BCUT2D eigenvalue weighted by Crippen LogP contribution is 2.33. The van der Waals surface area contributed by atoms with Crippen LogP contribution in [0.1, 0.15) is 32.4 Å². The number of nitrogens with zero attached hydrogens (tertiary/aromatic N) is 1. The minimum atomic E-state index is -1.44. The van der Waals surface area contributed by atoms with Gasteiger partial charge in [0.15, 0.2) is 0 Å². The second-order valence-electron chi connectivity index (χ2n) is 5.54. The Morgan fingerprint density at radius 2 is 1.95 bits per heavy atom. The highest BCUT2D eigenvalue weighted by molar-refractivity contribution is 5.65. The van der Waals surface area contributed by atoms with E-state index in [0.717, 1.165) is 6.07 Å². The number of rotatable bonds is 4. The number of amides is 1. The molecule has 0 aliphatic rings. The van der Waals surface area contributed by atoms with Crippen molar-refractivity contribution in [1.29, 1.82) is 0 Å². The molecule has 1 unspecified atom stereocenters. The van der Waals surface area contributed by atoms with E-state index >= 15 is 0 Å². The van der Waals surface area contributed by atoms with E-state index < -0.39 is 34.3 Å². The monoisotopic (exact) mass is 284 g/mol. The molecule has 0 saturated heterocycles. The summed E-state index contributed by atoms with van der Waals surface area (Å²) in [7, 11) is 0. The van der Waals surface area contributed by atoms with Crippen LogP contribution in [0.2, 0.25) is 0 Å². The number of nitrogens with one attached hydrogen (secondary N) is 1. The average Bonchev–Trinajstić information content (AvgIpc) is 2.25. The van der Waals surface area contributed by atoms with Gasteiger partial charge in [-0.2, -0.15) is 0 Å². The summed E-state index contributed by atoms with van der Waals surface area (Å²) in [6, 6.07) is 2.88. The van der Waals surface area contributed by atoms with Crippen molar-refractivity contribution in [2.75, 3.05) is 0 Å². The van der Waals surface area contributed by atoms with E-state index in [9.17, 15) is 19.3 Å². The Morgan fingerprint density at radius 3 is 2.35 bits per heavy atom. The molecule has 20 heavy (non-hydrogen) atoms. The summed E-state index contributed by atoms with van der Waals surface area (Å²) in [4.78, 5) is 21.6. The molecule has 0 aromatic heterocycles. The van der Waals surface area contributed by atoms with Gasteiger partial charge in [0.25, 0.3) is 0 Å². The lowest BCUT2D eigenvalue weighted by molar-refractivity contribution is -0.545. The van der Waals surface area contributed by atoms with Crippen molar-refractivity contribution in [3.05, 3.63) is 45.8 Å². The third kappa shape index (κ3) is 3.66. The Hall–Kier alpha value is -2.18. The molecule has 1 aromatic carbocycles. The van der Waals surface area contributed by atoms with Gasteiger partial charge in [0.2, 0.25) is 6.04 Å². The molecular weight excluding hydrogens is 267 g/mol. The van der Waals surface area contributed by atoms with Crippen LogP contribution in [0.25, 0.3) is 0 Å². The van der Waals surface area contributed by atoms with Crippen LogP contribution < -0.4 is 5.32 Å². The molecule has 2 atom stereocenters. The summed E-state index contributed by atoms with van der Waals surface area (Å²) in [6.07, 6.45) is -1.44. The average molecular weight is 284 g/mol. The van der Waals surface area contributed by atoms with Crippen LogP contribution in [0, 0.1) is 21.3 Å². The van der Waals surface area contributed by atoms with Gasteiger partial charge in [-0.1, -0.05) is 39.0 Å². The largest absolute Gasteiger partial charge is 0.465 e. The van der Waals surface area contributed by atoms with Crippen molar-refractivity contribution in [1.82, 2.24) is 5.32 Å². The Labute approximate surface area is 115 Å². The maximum absolute atomic E-state index is 13.8. The lowest BCUT2D eigenvalue weighted by atomic mass is 9.80. The molecule has 0 spiro atoms. The zero-order chi connectivity index (χ0) is 15.5. The van der Waals surface area contributed by atoms with Gasteiger partial charge in [-0.15, -0.1) is 0 Å². The van der Waals surface area contributed by atoms with E-state index in [4.69, 9.17) is 5.11 Å². The first-order chi connectivity index (χ1) is 9.14. The van der Waals surface area contributed by atoms with Crippen molar-refractivity contribution in [2.45, 2.75) is 32.9 Å². The van der Waals surface area contributed by atoms with Gasteiger partial charge in [-0.25, -0.2) is 9.18 Å². The van der Waals surface area contributed by atoms with E-state index in [-0.39, 0.29) is 5.56 Å². The van der Waals surface area contributed by atoms with E-state index in [2.05, 4.69) is 5.32 Å². The number of hydrogen-bond acceptors (Lipinski definition) is 3. The van der Waals surface area contributed by atoms with E-state index in [1.54, 1.807) is 20.8 Å². The highest BCUT2D eigenvalue weighted by Gasteiger charge is 2.44. The van der Waals surface area contributed by atoms with Crippen molar-refractivity contribution in [3.63, 3.8) is 0 Å². The smallest absolute Gasteiger partial charge is 0.405 e. The number of hydrogen-bond donors (Lipinski definition) is 2. The van der Waals surface area contributed by atoms with Gasteiger partial charge in [-0.3, -0.25) is 10.1 Å². The summed E-state index contributed by atoms with van der Waals surface area (Å²) < 4.78 is 13.8. The van der Waals surface area contributed by atoms with Crippen LogP contribution in [0.5, 0.6) is 0 Å².